The molecule has 0 aliphatic carbocycles. The maximum atomic E-state index is 13.0. The summed E-state index contributed by atoms with van der Waals surface area (Å²) in [6, 6.07) is 6.39. The summed E-state index contributed by atoms with van der Waals surface area (Å²) in [5.41, 5.74) is 1.82. The van der Waals surface area contributed by atoms with Gasteiger partial charge in [-0.15, -0.1) is 0 Å². The molecule has 4 heteroatoms. The predicted octanol–water partition coefficient (Wildman–Crippen LogP) is 3.43. The molecule has 1 aromatic carbocycles. The lowest BCUT2D eigenvalue weighted by Gasteiger charge is -2.09. The van der Waals surface area contributed by atoms with E-state index in [2.05, 4.69) is 17.2 Å². The molecular weight excluding hydrogens is 243 g/mol. The second-order valence-electron chi connectivity index (χ2n) is 4.32. The van der Waals surface area contributed by atoms with Gasteiger partial charge in [-0.2, -0.15) is 0 Å². The molecule has 1 aromatic heterocycles. The monoisotopic (exact) mass is 260 g/mol. The van der Waals surface area contributed by atoms with Crippen LogP contribution in [0.2, 0.25) is 0 Å². The van der Waals surface area contributed by atoms with E-state index in [0.29, 0.717) is 11.5 Å². The Bertz CT molecular complexity index is 558. The van der Waals surface area contributed by atoms with E-state index in [-0.39, 0.29) is 5.82 Å². The summed E-state index contributed by atoms with van der Waals surface area (Å²) in [5.74, 6) is 1.04. The van der Waals surface area contributed by atoms with Gasteiger partial charge < -0.3 is 10.1 Å². The van der Waals surface area contributed by atoms with E-state index >= 15 is 0 Å². The maximum absolute atomic E-state index is 13.0. The van der Waals surface area contributed by atoms with E-state index in [0.717, 1.165) is 24.2 Å². The zero-order valence-electron chi connectivity index (χ0n) is 11.1. The molecule has 2 rings (SSSR count). The number of hydrogen-bond donors (Lipinski definition) is 1. The lowest BCUT2D eigenvalue weighted by atomic mass is 10.2. The van der Waals surface area contributed by atoms with E-state index < -0.39 is 0 Å². The number of nitrogens with zero attached hydrogens (tertiary/aromatic N) is 1. The average molecular weight is 260 g/mol. The molecule has 0 fully saturated rings. The highest BCUT2D eigenvalue weighted by Crippen LogP contribution is 2.25. The van der Waals surface area contributed by atoms with Crippen molar-refractivity contribution in [2.45, 2.75) is 20.4 Å². The molecule has 1 heterocycles. The van der Waals surface area contributed by atoms with Crippen LogP contribution in [0.15, 0.2) is 36.7 Å². The largest absolute Gasteiger partial charge is 0.455 e. The van der Waals surface area contributed by atoms with Crippen LogP contribution in [0, 0.1) is 12.7 Å². The molecule has 1 N–H and O–H groups in total. The molecule has 0 amide bonds. The number of hydrogen-bond acceptors (Lipinski definition) is 3. The molecule has 0 bridgehead atoms. The Hall–Kier alpha value is -1.94. The molecule has 0 unspecified atom stereocenters. The Kier molecular flexibility index (Phi) is 4.47. The van der Waals surface area contributed by atoms with E-state index in [4.69, 9.17) is 4.74 Å². The van der Waals surface area contributed by atoms with Gasteiger partial charge in [0.2, 0.25) is 0 Å². The highest BCUT2D eigenvalue weighted by atomic mass is 19.1. The number of aryl methyl sites for hydroxylation is 1. The fourth-order valence-corrected chi connectivity index (χ4v) is 1.74. The maximum Gasteiger partial charge on any atom is 0.146 e. The Balaban J connectivity index is 2.14. The van der Waals surface area contributed by atoms with Crippen LogP contribution < -0.4 is 10.1 Å². The standard InChI is InChI=1S/C15H17FN2O/c1-3-17-8-12-7-14(10-18-9-12)19-15-5-4-13(16)6-11(15)2/h4-7,9-10,17H,3,8H2,1-2H3. The molecule has 0 aliphatic rings. The zero-order chi connectivity index (χ0) is 13.7. The van der Waals surface area contributed by atoms with Gasteiger partial charge >= 0.3 is 0 Å². The van der Waals surface area contributed by atoms with Crippen molar-refractivity contribution in [3.63, 3.8) is 0 Å². The van der Waals surface area contributed by atoms with Gasteiger partial charge in [0.05, 0.1) is 6.20 Å². The summed E-state index contributed by atoms with van der Waals surface area (Å²) >= 11 is 0. The fraction of sp³-hybridized carbons (Fsp3) is 0.267. The van der Waals surface area contributed by atoms with Crippen molar-refractivity contribution >= 4 is 0 Å². The Labute approximate surface area is 112 Å². The van der Waals surface area contributed by atoms with Crippen LogP contribution in [0.25, 0.3) is 0 Å². The lowest BCUT2D eigenvalue weighted by Crippen LogP contribution is -2.11. The topological polar surface area (TPSA) is 34.2 Å². The smallest absolute Gasteiger partial charge is 0.146 e. The molecule has 100 valence electrons. The first-order valence-electron chi connectivity index (χ1n) is 6.27. The van der Waals surface area contributed by atoms with Crippen molar-refractivity contribution in [2.75, 3.05) is 6.54 Å². The second-order valence-corrected chi connectivity index (χ2v) is 4.32. The number of pyridine rings is 1. The van der Waals surface area contributed by atoms with Crippen molar-refractivity contribution in [3.8, 4) is 11.5 Å². The third-order valence-electron chi connectivity index (χ3n) is 2.71. The third-order valence-corrected chi connectivity index (χ3v) is 2.71. The van der Waals surface area contributed by atoms with Gasteiger partial charge in [0.15, 0.2) is 0 Å². The Morgan fingerprint density at radius 1 is 1.26 bits per heavy atom. The molecule has 0 radical (unpaired) electrons. The summed E-state index contributed by atoms with van der Waals surface area (Å²) in [6.45, 7) is 5.52. The van der Waals surface area contributed by atoms with Crippen LogP contribution in [0.3, 0.4) is 0 Å². The fourth-order valence-electron chi connectivity index (χ4n) is 1.74. The van der Waals surface area contributed by atoms with E-state index in [1.54, 1.807) is 18.5 Å². The van der Waals surface area contributed by atoms with Gasteiger partial charge in [-0.25, -0.2) is 4.39 Å². The van der Waals surface area contributed by atoms with Crippen molar-refractivity contribution in [2.24, 2.45) is 0 Å². The summed E-state index contributed by atoms with van der Waals surface area (Å²) in [5, 5.41) is 3.23. The van der Waals surface area contributed by atoms with Gasteiger partial charge in [0, 0.05) is 12.7 Å². The normalized spacial score (nSPS) is 10.5. The summed E-state index contributed by atoms with van der Waals surface area (Å²) in [7, 11) is 0. The highest BCUT2D eigenvalue weighted by molar-refractivity contribution is 5.37. The molecule has 0 saturated heterocycles. The third kappa shape index (κ3) is 3.76. The van der Waals surface area contributed by atoms with Crippen LogP contribution in [-0.2, 0) is 6.54 Å². The summed E-state index contributed by atoms with van der Waals surface area (Å²) in [4.78, 5) is 4.14. The number of benzene rings is 1. The molecule has 2 aromatic rings. The summed E-state index contributed by atoms with van der Waals surface area (Å²) < 4.78 is 18.7. The number of aromatic nitrogens is 1. The van der Waals surface area contributed by atoms with Crippen LogP contribution in [0.4, 0.5) is 4.39 Å². The molecule has 0 aliphatic heterocycles. The quantitative estimate of drug-likeness (QED) is 0.894. The van der Waals surface area contributed by atoms with E-state index in [1.807, 2.05) is 13.0 Å². The molecular formula is C15H17FN2O. The minimum absolute atomic E-state index is 0.260. The van der Waals surface area contributed by atoms with E-state index in [1.165, 1.54) is 12.1 Å². The van der Waals surface area contributed by atoms with E-state index in [9.17, 15) is 4.39 Å². The van der Waals surface area contributed by atoms with Gasteiger partial charge in [0.1, 0.15) is 17.3 Å². The number of nitrogens with one attached hydrogen (secondary N) is 1. The highest BCUT2D eigenvalue weighted by Gasteiger charge is 2.04. The number of halogens is 1. The van der Waals surface area contributed by atoms with Gasteiger partial charge in [-0.05, 0) is 48.9 Å². The Morgan fingerprint density at radius 3 is 2.84 bits per heavy atom. The average Bonchev–Trinajstić information content (AvgIpc) is 2.40. The predicted molar refractivity (Wildman–Crippen MR) is 72.8 cm³/mol. The van der Waals surface area contributed by atoms with Crippen LogP contribution >= 0.6 is 0 Å². The van der Waals surface area contributed by atoms with Crippen molar-refractivity contribution in [3.05, 3.63) is 53.6 Å². The molecule has 0 atom stereocenters. The first kappa shape index (κ1) is 13.5. The van der Waals surface area contributed by atoms with Gasteiger partial charge in [-0.3, -0.25) is 4.98 Å². The minimum Gasteiger partial charge on any atom is -0.455 e. The van der Waals surface area contributed by atoms with Gasteiger partial charge in [-0.1, -0.05) is 6.92 Å². The van der Waals surface area contributed by atoms with Crippen LogP contribution in [-0.4, -0.2) is 11.5 Å². The number of rotatable bonds is 5. The van der Waals surface area contributed by atoms with Crippen molar-refractivity contribution in [1.82, 2.24) is 10.3 Å². The van der Waals surface area contributed by atoms with Crippen LogP contribution in [0.1, 0.15) is 18.1 Å². The zero-order valence-corrected chi connectivity index (χ0v) is 11.1. The first-order chi connectivity index (χ1) is 9.19. The molecule has 19 heavy (non-hydrogen) atoms. The van der Waals surface area contributed by atoms with Gasteiger partial charge in [0.25, 0.3) is 0 Å². The number of ether oxygens (including phenoxy) is 1. The van der Waals surface area contributed by atoms with Crippen molar-refractivity contribution in [1.29, 1.82) is 0 Å². The summed E-state index contributed by atoms with van der Waals surface area (Å²) in [6.07, 6.45) is 3.45. The molecule has 3 nitrogen and oxygen atoms in total. The Morgan fingerprint density at radius 2 is 2.11 bits per heavy atom. The minimum atomic E-state index is -0.260. The first-order valence-corrected chi connectivity index (χ1v) is 6.27. The second kappa shape index (κ2) is 6.29. The van der Waals surface area contributed by atoms with Crippen LogP contribution in [0.5, 0.6) is 11.5 Å². The SMILES string of the molecule is CCNCc1cncc(Oc2ccc(F)cc2C)c1. The lowest BCUT2D eigenvalue weighted by molar-refractivity contribution is 0.473. The molecule has 0 spiro atoms. The molecule has 0 saturated carbocycles. The van der Waals surface area contributed by atoms with Crippen molar-refractivity contribution < 1.29 is 9.13 Å².